The lowest BCUT2D eigenvalue weighted by molar-refractivity contribution is -0.171. The highest BCUT2D eigenvalue weighted by Crippen LogP contribution is 2.36. The Bertz CT molecular complexity index is 1280. The molecule has 1 aromatic carbocycles. The van der Waals surface area contributed by atoms with Gasteiger partial charge in [-0.05, 0) is 24.3 Å². The lowest BCUT2D eigenvalue weighted by Gasteiger charge is -2.18. The van der Waals surface area contributed by atoms with Crippen molar-refractivity contribution >= 4 is 17.5 Å². The highest BCUT2D eigenvalue weighted by atomic mass is 35.5. The Kier molecular flexibility index (Phi) is 6.28. The fraction of sp³-hybridized carbons (Fsp3) is 0.222. The topological polar surface area (TPSA) is 110 Å². The number of rotatable bonds is 4. The van der Waals surface area contributed by atoms with Gasteiger partial charge in [-0.2, -0.15) is 36.7 Å². The van der Waals surface area contributed by atoms with E-state index >= 15 is 0 Å². The fourth-order valence-electron chi connectivity index (χ4n) is 2.65. The summed E-state index contributed by atoms with van der Waals surface area (Å²) in [5.41, 5.74) is -3.73. The number of allylic oxidation sites excluding steroid dienone is 1. The molecule has 0 spiro atoms. The maximum Gasteiger partial charge on any atom is 0.437 e. The Morgan fingerprint density at radius 3 is 2.42 bits per heavy atom. The van der Waals surface area contributed by atoms with Crippen LogP contribution in [-0.4, -0.2) is 21.6 Å². The third kappa shape index (κ3) is 5.37. The van der Waals surface area contributed by atoms with Crippen LogP contribution in [0, 0.1) is 17.2 Å². The van der Waals surface area contributed by atoms with Crippen molar-refractivity contribution < 1.29 is 35.9 Å². The summed E-state index contributed by atoms with van der Waals surface area (Å²) < 4.78 is 84.6. The molecule has 0 aliphatic carbocycles. The van der Waals surface area contributed by atoms with Crippen LogP contribution in [0.25, 0.3) is 0 Å². The smallest absolute Gasteiger partial charge is 0.437 e. The summed E-state index contributed by atoms with van der Waals surface area (Å²) in [7, 11) is 0. The number of nitrogens with zero attached hydrogens (tertiary/aromatic N) is 5. The predicted molar refractivity (Wildman–Crippen MR) is 97.2 cm³/mol. The van der Waals surface area contributed by atoms with E-state index in [2.05, 4.69) is 15.2 Å². The van der Waals surface area contributed by atoms with E-state index in [1.54, 1.807) is 6.07 Å². The van der Waals surface area contributed by atoms with E-state index in [9.17, 15) is 35.9 Å². The second-order valence-corrected chi connectivity index (χ2v) is 6.89. The zero-order valence-corrected chi connectivity index (χ0v) is 16.5. The van der Waals surface area contributed by atoms with Gasteiger partial charge in [0, 0.05) is 5.02 Å². The summed E-state index contributed by atoms with van der Waals surface area (Å²) in [5.74, 6) is -5.90. The van der Waals surface area contributed by atoms with Gasteiger partial charge < -0.3 is 4.74 Å². The molecule has 0 saturated heterocycles. The van der Waals surface area contributed by atoms with Gasteiger partial charge in [0.05, 0.1) is 30.2 Å². The molecule has 8 nitrogen and oxygen atoms in total. The first-order valence-corrected chi connectivity index (χ1v) is 8.95. The van der Waals surface area contributed by atoms with E-state index in [1.807, 2.05) is 0 Å². The van der Waals surface area contributed by atoms with Crippen molar-refractivity contribution in [2.24, 2.45) is 16.1 Å². The number of hydrogen-bond acceptors (Lipinski definition) is 6. The molecular weight excluding hydrogens is 484 g/mol. The van der Waals surface area contributed by atoms with Crippen LogP contribution in [0.4, 0.5) is 26.3 Å². The molecule has 1 atom stereocenters. The minimum Gasteiger partial charge on any atom is -0.449 e. The third-order valence-electron chi connectivity index (χ3n) is 4.07. The molecule has 172 valence electrons. The number of aromatic nitrogens is 2. The second kappa shape index (κ2) is 8.66. The Balaban J connectivity index is 2.05. The van der Waals surface area contributed by atoms with E-state index in [1.165, 1.54) is 6.07 Å². The van der Waals surface area contributed by atoms with Crippen molar-refractivity contribution in [3.63, 3.8) is 0 Å². The quantitative estimate of drug-likeness (QED) is 0.579. The predicted octanol–water partition coefficient (Wildman–Crippen LogP) is 4.63. The number of azo groups is 1. The SMILES string of the molecule is N#Cc1cc(Cl)cc(Oc2c(C(F)(F)F)ncn(CC3=CC(C(F)(F)F)C(=O)N=N3)c2=O)c1. The summed E-state index contributed by atoms with van der Waals surface area (Å²) in [6.07, 6.45) is -9.28. The maximum absolute atomic E-state index is 13.4. The highest BCUT2D eigenvalue weighted by Gasteiger charge is 2.45. The number of nitriles is 1. The maximum atomic E-state index is 13.4. The molecule has 1 aliphatic rings. The van der Waals surface area contributed by atoms with Crippen molar-refractivity contribution in [2.75, 3.05) is 0 Å². The number of hydrogen-bond donors (Lipinski definition) is 0. The van der Waals surface area contributed by atoms with Gasteiger partial charge in [-0.1, -0.05) is 11.6 Å². The van der Waals surface area contributed by atoms with Crippen LogP contribution in [0.2, 0.25) is 5.02 Å². The minimum atomic E-state index is -5.14. The third-order valence-corrected chi connectivity index (χ3v) is 4.29. The van der Waals surface area contributed by atoms with Crippen molar-refractivity contribution in [1.29, 1.82) is 5.26 Å². The van der Waals surface area contributed by atoms with Crippen LogP contribution >= 0.6 is 11.6 Å². The first-order valence-electron chi connectivity index (χ1n) is 8.57. The van der Waals surface area contributed by atoms with E-state index < -0.39 is 53.4 Å². The van der Waals surface area contributed by atoms with Crippen molar-refractivity contribution in [3.05, 3.63) is 62.9 Å². The van der Waals surface area contributed by atoms with Gasteiger partial charge >= 0.3 is 12.4 Å². The minimum absolute atomic E-state index is 0.0718. The van der Waals surface area contributed by atoms with Gasteiger partial charge in [0.15, 0.2) is 11.6 Å². The summed E-state index contributed by atoms with van der Waals surface area (Å²) in [5, 5.41) is 15.0. The van der Waals surface area contributed by atoms with E-state index in [4.69, 9.17) is 21.6 Å². The van der Waals surface area contributed by atoms with Crippen LogP contribution in [0.5, 0.6) is 11.5 Å². The highest BCUT2D eigenvalue weighted by molar-refractivity contribution is 6.30. The lowest BCUT2D eigenvalue weighted by Crippen LogP contribution is -2.31. The van der Waals surface area contributed by atoms with E-state index in [0.717, 1.165) is 12.1 Å². The molecule has 1 aliphatic heterocycles. The van der Waals surface area contributed by atoms with Crippen molar-refractivity contribution in [1.82, 2.24) is 9.55 Å². The summed E-state index contributed by atoms with van der Waals surface area (Å²) >= 11 is 5.78. The molecular formula is C18H8ClF6N5O3. The monoisotopic (exact) mass is 491 g/mol. The first kappa shape index (κ1) is 23.9. The summed E-state index contributed by atoms with van der Waals surface area (Å²) in [6, 6.07) is 4.95. The number of ether oxygens (including phenoxy) is 1. The van der Waals surface area contributed by atoms with Crippen molar-refractivity contribution in [3.8, 4) is 17.6 Å². The largest absolute Gasteiger partial charge is 0.449 e. The Hall–Kier alpha value is -3.73. The van der Waals surface area contributed by atoms with Gasteiger partial charge in [-0.3, -0.25) is 14.2 Å². The van der Waals surface area contributed by atoms with Crippen LogP contribution < -0.4 is 10.3 Å². The van der Waals surface area contributed by atoms with E-state index in [0.29, 0.717) is 17.0 Å². The van der Waals surface area contributed by atoms with Crippen LogP contribution in [-0.2, 0) is 17.5 Å². The lowest BCUT2D eigenvalue weighted by atomic mass is 10.1. The van der Waals surface area contributed by atoms with Gasteiger partial charge in [-0.15, -0.1) is 5.11 Å². The molecule has 0 N–H and O–H groups in total. The van der Waals surface area contributed by atoms with Crippen LogP contribution in [0.15, 0.2) is 51.3 Å². The number of alkyl halides is 6. The molecule has 2 heterocycles. The molecule has 0 bridgehead atoms. The Morgan fingerprint density at radius 1 is 1.12 bits per heavy atom. The Morgan fingerprint density at radius 2 is 1.82 bits per heavy atom. The number of carbonyl (C=O) groups is 1. The summed E-state index contributed by atoms with van der Waals surface area (Å²) in [4.78, 5) is 27.2. The number of carbonyl (C=O) groups excluding carboxylic acids is 1. The van der Waals surface area contributed by atoms with Gasteiger partial charge in [0.2, 0.25) is 5.75 Å². The molecule has 0 fully saturated rings. The first-order chi connectivity index (χ1) is 15.3. The molecule has 0 saturated carbocycles. The van der Waals surface area contributed by atoms with E-state index in [-0.39, 0.29) is 16.3 Å². The van der Waals surface area contributed by atoms with Crippen LogP contribution in [0.3, 0.4) is 0 Å². The molecule has 2 aromatic rings. The molecule has 0 radical (unpaired) electrons. The number of amides is 1. The standard InChI is InChI=1S/C18H8ClF6N5O3/c19-9-1-8(5-26)2-11(3-9)33-13-14(18(23,24)25)27-7-30(16(13)32)6-10-4-12(17(20,21)22)15(31)29-28-10/h1-4,7,12H,6H2. The average Bonchev–Trinajstić information content (AvgIpc) is 2.70. The van der Waals surface area contributed by atoms with Crippen LogP contribution in [0.1, 0.15) is 11.3 Å². The van der Waals surface area contributed by atoms with Gasteiger partial charge in [0.25, 0.3) is 11.5 Å². The summed E-state index contributed by atoms with van der Waals surface area (Å²) in [6.45, 7) is -0.789. The van der Waals surface area contributed by atoms with Gasteiger partial charge in [-0.25, -0.2) is 4.98 Å². The Labute approximate surface area is 184 Å². The molecule has 1 unspecified atom stereocenters. The molecule has 33 heavy (non-hydrogen) atoms. The normalized spacial score (nSPS) is 16.4. The fourth-order valence-corrected chi connectivity index (χ4v) is 2.87. The molecule has 1 aromatic heterocycles. The second-order valence-electron chi connectivity index (χ2n) is 6.46. The molecule has 3 rings (SSSR count). The number of halogens is 7. The zero-order valence-electron chi connectivity index (χ0n) is 15.8. The van der Waals surface area contributed by atoms with Gasteiger partial charge in [0.1, 0.15) is 5.75 Å². The average molecular weight is 492 g/mol. The molecule has 1 amide bonds. The molecule has 15 heteroatoms. The number of benzene rings is 1. The zero-order chi connectivity index (χ0) is 24.6. The van der Waals surface area contributed by atoms with Crippen molar-refractivity contribution in [2.45, 2.75) is 18.9 Å².